The topological polar surface area (TPSA) is 49.4 Å². The highest BCUT2D eigenvalue weighted by Crippen LogP contribution is 2.32. The van der Waals surface area contributed by atoms with E-state index in [9.17, 15) is 9.59 Å². The molecular weight excluding hydrogens is 347 g/mol. The molecule has 1 N–H and O–H groups in total. The summed E-state index contributed by atoms with van der Waals surface area (Å²) < 4.78 is 0. The summed E-state index contributed by atoms with van der Waals surface area (Å²) >= 11 is 12.0. The van der Waals surface area contributed by atoms with Gasteiger partial charge >= 0.3 is 0 Å². The predicted molar refractivity (Wildman–Crippen MR) is 96.4 cm³/mol. The molecule has 4 nitrogen and oxygen atoms in total. The number of nitrogens with one attached hydrogen (secondary N) is 1. The van der Waals surface area contributed by atoms with Gasteiger partial charge in [-0.15, -0.1) is 0 Å². The second kappa shape index (κ2) is 7.75. The van der Waals surface area contributed by atoms with Crippen molar-refractivity contribution in [2.45, 2.75) is 38.5 Å². The number of carbonyl (C=O) groups is 2. The molecule has 1 aromatic rings. The number of hydrogen-bond acceptors (Lipinski definition) is 2. The minimum atomic E-state index is -0.0561. The van der Waals surface area contributed by atoms with Gasteiger partial charge < -0.3 is 10.2 Å². The monoisotopic (exact) mass is 368 g/mol. The Balaban J connectivity index is 1.52. The molecule has 3 rings (SSSR count). The van der Waals surface area contributed by atoms with Gasteiger partial charge in [0.1, 0.15) is 0 Å². The van der Waals surface area contributed by atoms with Gasteiger partial charge in [-0.05, 0) is 56.7 Å². The lowest BCUT2D eigenvalue weighted by Crippen LogP contribution is -2.37. The second-order valence-electron chi connectivity index (χ2n) is 6.69. The summed E-state index contributed by atoms with van der Waals surface area (Å²) in [5.41, 5.74) is 0.585. The average molecular weight is 369 g/mol. The molecule has 1 heterocycles. The molecule has 1 aliphatic heterocycles. The molecule has 1 aromatic carbocycles. The highest BCUT2D eigenvalue weighted by atomic mass is 35.5. The summed E-state index contributed by atoms with van der Waals surface area (Å²) in [6, 6.07) is 5.03. The summed E-state index contributed by atoms with van der Waals surface area (Å²) in [5.74, 6) is 0.295. The van der Waals surface area contributed by atoms with Crippen LogP contribution in [0, 0.1) is 11.8 Å². The van der Waals surface area contributed by atoms with Crippen LogP contribution in [0.5, 0.6) is 0 Å². The van der Waals surface area contributed by atoms with Crippen molar-refractivity contribution in [3.05, 3.63) is 28.2 Å². The van der Waals surface area contributed by atoms with Crippen LogP contribution in [0.15, 0.2) is 18.2 Å². The largest absolute Gasteiger partial charge is 0.342 e. The van der Waals surface area contributed by atoms with E-state index in [2.05, 4.69) is 5.32 Å². The third kappa shape index (κ3) is 4.04. The summed E-state index contributed by atoms with van der Waals surface area (Å²) in [6.07, 6.45) is 5.32. The van der Waals surface area contributed by atoms with Crippen LogP contribution in [-0.2, 0) is 9.59 Å². The van der Waals surface area contributed by atoms with Crippen LogP contribution in [0.1, 0.15) is 38.5 Å². The molecule has 0 atom stereocenters. The van der Waals surface area contributed by atoms with E-state index in [1.807, 2.05) is 4.90 Å². The van der Waals surface area contributed by atoms with Crippen molar-refractivity contribution >= 4 is 40.7 Å². The number of halogens is 2. The van der Waals surface area contributed by atoms with Crippen LogP contribution in [-0.4, -0.2) is 29.8 Å². The Morgan fingerprint density at radius 2 is 1.62 bits per heavy atom. The minimum Gasteiger partial charge on any atom is -0.342 e. The lowest BCUT2D eigenvalue weighted by Gasteiger charge is -2.29. The fraction of sp³-hybridized carbons (Fsp3) is 0.556. The maximum absolute atomic E-state index is 12.4. The molecular formula is C18H22Cl2N2O2. The number of anilines is 1. The Morgan fingerprint density at radius 3 is 2.25 bits per heavy atom. The Morgan fingerprint density at radius 1 is 1.00 bits per heavy atom. The van der Waals surface area contributed by atoms with Gasteiger partial charge in [-0.25, -0.2) is 0 Å². The van der Waals surface area contributed by atoms with E-state index in [4.69, 9.17) is 23.2 Å². The molecule has 2 fully saturated rings. The number of amides is 2. The van der Waals surface area contributed by atoms with Gasteiger partial charge in [0.25, 0.3) is 0 Å². The summed E-state index contributed by atoms with van der Waals surface area (Å²) in [5, 5.41) is 3.86. The van der Waals surface area contributed by atoms with Crippen LogP contribution < -0.4 is 5.32 Å². The number of likely N-dealkylation sites (tertiary alicyclic amines) is 1. The van der Waals surface area contributed by atoms with Crippen molar-refractivity contribution in [3.8, 4) is 0 Å². The van der Waals surface area contributed by atoms with Crippen molar-refractivity contribution in [2.24, 2.45) is 11.8 Å². The van der Waals surface area contributed by atoms with Crippen molar-refractivity contribution in [1.82, 2.24) is 4.90 Å². The fourth-order valence-electron chi connectivity index (χ4n) is 3.62. The van der Waals surface area contributed by atoms with E-state index in [0.717, 1.165) is 51.6 Å². The first kappa shape index (κ1) is 17.6. The smallest absolute Gasteiger partial charge is 0.227 e. The molecule has 0 bridgehead atoms. The van der Waals surface area contributed by atoms with Gasteiger partial charge in [0.05, 0.1) is 10.7 Å². The van der Waals surface area contributed by atoms with Crippen LogP contribution in [0.25, 0.3) is 0 Å². The number of hydrogen-bond donors (Lipinski definition) is 1. The first-order valence-corrected chi connectivity index (χ1v) is 9.35. The van der Waals surface area contributed by atoms with Crippen molar-refractivity contribution in [1.29, 1.82) is 0 Å². The molecule has 0 radical (unpaired) electrons. The van der Waals surface area contributed by atoms with E-state index in [-0.39, 0.29) is 23.7 Å². The number of nitrogens with zero attached hydrogens (tertiary/aromatic N) is 1. The van der Waals surface area contributed by atoms with Crippen LogP contribution >= 0.6 is 23.2 Å². The van der Waals surface area contributed by atoms with Crippen molar-refractivity contribution in [3.63, 3.8) is 0 Å². The lowest BCUT2D eigenvalue weighted by molar-refractivity contribution is -0.136. The molecule has 130 valence electrons. The quantitative estimate of drug-likeness (QED) is 0.861. The highest BCUT2D eigenvalue weighted by molar-refractivity contribution is 6.36. The molecule has 1 saturated heterocycles. The number of carbonyl (C=O) groups excluding carboxylic acids is 2. The summed E-state index contributed by atoms with van der Waals surface area (Å²) in [7, 11) is 0. The van der Waals surface area contributed by atoms with E-state index in [1.54, 1.807) is 18.2 Å². The van der Waals surface area contributed by atoms with Gasteiger partial charge in [0, 0.05) is 29.9 Å². The first-order chi connectivity index (χ1) is 11.5. The third-order valence-electron chi connectivity index (χ3n) is 5.05. The zero-order valence-corrected chi connectivity index (χ0v) is 15.1. The molecule has 1 saturated carbocycles. The predicted octanol–water partition coefficient (Wildman–Crippen LogP) is 4.36. The van der Waals surface area contributed by atoms with Gasteiger partial charge in [0.15, 0.2) is 0 Å². The zero-order valence-electron chi connectivity index (χ0n) is 13.6. The van der Waals surface area contributed by atoms with Crippen molar-refractivity contribution < 1.29 is 9.59 Å². The summed E-state index contributed by atoms with van der Waals surface area (Å²) in [4.78, 5) is 26.9. The van der Waals surface area contributed by atoms with Crippen LogP contribution in [0.3, 0.4) is 0 Å². The SMILES string of the molecule is O=C(Nc1ccc(Cl)cc1Cl)C1CCC(C(=O)N2CCCC2)CC1. The van der Waals surface area contributed by atoms with Crippen LogP contribution in [0.2, 0.25) is 10.0 Å². The van der Waals surface area contributed by atoms with Gasteiger partial charge in [-0.3, -0.25) is 9.59 Å². The van der Waals surface area contributed by atoms with Gasteiger partial charge in [-0.2, -0.15) is 0 Å². The highest BCUT2D eigenvalue weighted by Gasteiger charge is 2.33. The Kier molecular flexibility index (Phi) is 5.67. The van der Waals surface area contributed by atoms with Crippen LogP contribution in [0.4, 0.5) is 5.69 Å². The van der Waals surface area contributed by atoms with E-state index in [0.29, 0.717) is 15.7 Å². The van der Waals surface area contributed by atoms with E-state index < -0.39 is 0 Å². The lowest BCUT2D eigenvalue weighted by atomic mass is 9.81. The molecule has 2 aliphatic rings. The normalized spacial score (nSPS) is 24.0. The molecule has 24 heavy (non-hydrogen) atoms. The Labute approximate surface area is 152 Å². The molecule has 1 aliphatic carbocycles. The fourth-order valence-corrected chi connectivity index (χ4v) is 4.08. The molecule has 2 amide bonds. The third-order valence-corrected chi connectivity index (χ3v) is 5.60. The van der Waals surface area contributed by atoms with Gasteiger partial charge in [-0.1, -0.05) is 23.2 Å². The average Bonchev–Trinajstić information content (AvgIpc) is 3.11. The van der Waals surface area contributed by atoms with E-state index in [1.165, 1.54) is 0 Å². The molecule has 0 unspecified atom stereocenters. The molecule has 0 aromatic heterocycles. The number of benzene rings is 1. The van der Waals surface area contributed by atoms with E-state index >= 15 is 0 Å². The molecule has 6 heteroatoms. The Bertz CT molecular complexity index is 621. The minimum absolute atomic E-state index is 0.0220. The van der Waals surface area contributed by atoms with Gasteiger partial charge in [0.2, 0.25) is 11.8 Å². The first-order valence-electron chi connectivity index (χ1n) is 8.59. The second-order valence-corrected chi connectivity index (χ2v) is 7.54. The summed E-state index contributed by atoms with van der Waals surface area (Å²) in [6.45, 7) is 1.79. The standard InChI is InChI=1S/C18H22Cl2N2O2/c19-14-7-8-16(15(20)11-14)21-17(23)12-3-5-13(6-4-12)18(24)22-9-1-2-10-22/h7-8,11-13H,1-6,9-10H2,(H,21,23). The zero-order chi connectivity index (χ0) is 17.1. The maximum Gasteiger partial charge on any atom is 0.227 e. The maximum atomic E-state index is 12.4. The molecule has 0 spiro atoms. The Hall–Kier alpha value is -1.26. The number of rotatable bonds is 3. The van der Waals surface area contributed by atoms with Crippen molar-refractivity contribution in [2.75, 3.05) is 18.4 Å².